The molecule has 3 aromatic rings. The highest BCUT2D eigenvalue weighted by atomic mass is 79.9. The fourth-order valence-electron chi connectivity index (χ4n) is 2.10. The lowest BCUT2D eigenvalue weighted by Gasteiger charge is -2.11. The first-order valence-electron chi connectivity index (χ1n) is 6.38. The molecule has 0 saturated carbocycles. The van der Waals surface area contributed by atoms with Crippen molar-refractivity contribution in [1.29, 1.82) is 0 Å². The van der Waals surface area contributed by atoms with Crippen LogP contribution in [-0.2, 0) is 0 Å². The zero-order chi connectivity index (χ0) is 14.8. The summed E-state index contributed by atoms with van der Waals surface area (Å²) >= 11 is 9.43. The van der Waals surface area contributed by atoms with Gasteiger partial charge < -0.3 is 5.11 Å². The van der Waals surface area contributed by atoms with Crippen LogP contribution in [0.2, 0.25) is 5.02 Å². The number of hydrogen-bond acceptors (Lipinski definition) is 2. The maximum atomic E-state index is 10.5. The van der Waals surface area contributed by atoms with Crippen molar-refractivity contribution >= 4 is 27.5 Å². The quantitative estimate of drug-likeness (QED) is 0.750. The Morgan fingerprint density at radius 3 is 2.67 bits per heavy atom. The highest BCUT2D eigenvalue weighted by Gasteiger charge is 2.16. The second-order valence-electron chi connectivity index (χ2n) is 4.62. The number of hydrogen-bond donors (Lipinski definition) is 1. The minimum atomic E-state index is -0.782. The highest BCUT2D eigenvalue weighted by Crippen LogP contribution is 2.30. The zero-order valence-electron chi connectivity index (χ0n) is 10.9. The van der Waals surface area contributed by atoms with Crippen molar-refractivity contribution < 1.29 is 5.11 Å². The smallest absolute Gasteiger partial charge is 0.108 e. The number of nitrogens with zero attached hydrogens (tertiary/aromatic N) is 2. The maximum Gasteiger partial charge on any atom is 0.108 e. The molecule has 1 unspecified atom stereocenters. The first-order valence-corrected chi connectivity index (χ1v) is 7.55. The van der Waals surface area contributed by atoms with Gasteiger partial charge in [0.25, 0.3) is 0 Å². The van der Waals surface area contributed by atoms with Gasteiger partial charge in [-0.15, -0.1) is 0 Å². The van der Waals surface area contributed by atoms with Gasteiger partial charge in [-0.3, -0.25) is 0 Å². The molecule has 2 aromatic carbocycles. The standard InChI is InChI=1S/C16H12BrClN2O/c17-15-7-6-12(18)8-14(15)16(21)11-9-19-20(10-11)13-4-2-1-3-5-13/h1-10,16,21H. The van der Waals surface area contributed by atoms with Crippen molar-refractivity contribution in [3.05, 3.63) is 81.5 Å². The van der Waals surface area contributed by atoms with E-state index in [0.29, 0.717) is 10.6 Å². The number of aromatic nitrogens is 2. The first kappa shape index (κ1) is 14.3. The molecule has 0 bridgehead atoms. The zero-order valence-corrected chi connectivity index (χ0v) is 13.3. The Kier molecular flexibility index (Phi) is 4.10. The second kappa shape index (κ2) is 6.02. The van der Waals surface area contributed by atoms with Gasteiger partial charge in [0.15, 0.2) is 0 Å². The van der Waals surface area contributed by atoms with Crippen LogP contribution < -0.4 is 0 Å². The topological polar surface area (TPSA) is 38.1 Å². The Labute approximate surface area is 135 Å². The SMILES string of the molecule is OC(c1cnn(-c2ccccc2)c1)c1cc(Cl)ccc1Br. The van der Waals surface area contributed by atoms with Crippen LogP contribution in [0.25, 0.3) is 5.69 Å². The monoisotopic (exact) mass is 362 g/mol. The van der Waals surface area contributed by atoms with Gasteiger partial charge in [0, 0.05) is 26.8 Å². The predicted molar refractivity (Wildman–Crippen MR) is 86.8 cm³/mol. The third kappa shape index (κ3) is 3.02. The molecule has 21 heavy (non-hydrogen) atoms. The molecule has 0 fully saturated rings. The molecule has 0 radical (unpaired) electrons. The van der Waals surface area contributed by atoms with E-state index in [9.17, 15) is 5.11 Å². The molecule has 1 heterocycles. The Hall–Kier alpha value is -1.62. The van der Waals surface area contributed by atoms with Crippen molar-refractivity contribution in [2.24, 2.45) is 0 Å². The summed E-state index contributed by atoms with van der Waals surface area (Å²) in [5, 5.41) is 15.4. The van der Waals surface area contributed by atoms with E-state index < -0.39 is 6.10 Å². The van der Waals surface area contributed by atoms with Crippen LogP contribution >= 0.6 is 27.5 Å². The van der Waals surface area contributed by atoms with E-state index in [1.165, 1.54) is 0 Å². The van der Waals surface area contributed by atoms with Gasteiger partial charge in [0.1, 0.15) is 6.10 Å². The van der Waals surface area contributed by atoms with Crippen molar-refractivity contribution in [3.63, 3.8) is 0 Å². The fraction of sp³-hybridized carbons (Fsp3) is 0.0625. The lowest BCUT2D eigenvalue weighted by molar-refractivity contribution is 0.219. The van der Waals surface area contributed by atoms with Gasteiger partial charge in [-0.2, -0.15) is 5.10 Å². The van der Waals surface area contributed by atoms with E-state index in [1.807, 2.05) is 42.6 Å². The van der Waals surface area contributed by atoms with E-state index in [0.717, 1.165) is 15.7 Å². The Bertz CT molecular complexity index is 758. The van der Waals surface area contributed by atoms with Crippen LogP contribution in [0.15, 0.2) is 65.4 Å². The highest BCUT2D eigenvalue weighted by molar-refractivity contribution is 9.10. The third-order valence-electron chi connectivity index (χ3n) is 3.19. The normalized spacial score (nSPS) is 12.3. The Morgan fingerprint density at radius 1 is 1.14 bits per heavy atom. The molecule has 0 saturated heterocycles. The second-order valence-corrected chi connectivity index (χ2v) is 5.91. The average Bonchev–Trinajstić information content (AvgIpc) is 3.00. The van der Waals surface area contributed by atoms with Crippen LogP contribution in [0.1, 0.15) is 17.2 Å². The van der Waals surface area contributed by atoms with Crippen LogP contribution in [0, 0.1) is 0 Å². The molecule has 0 amide bonds. The molecule has 106 valence electrons. The number of aliphatic hydroxyl groups is 1. The minimum Gasteiger partial charge on any atom is -0.383 e. The molecule has 1 N–H and O–H groups in total. The summed E-state index contributed by atoms with van der Waals surface area (Å²) in [7, 11) is 0. The summed E-state index contributed by atoms with van der Waals surface area (Å²) < 4.78 is 2.55. The third-order valence-corrected chi connectivity index (χ3v) is 4.15. The summed E-state index contributed by atoms with van der Waals surface area (Å²) in [6.45, 7) is 0. The Balaban J connectivity index is 1.94. The lowest BCUT2D eigenvalue weighted by Crippen LogP contribution is -2.00. The van der Waals surface area contributed by atoms with E-state index in [-0.39, 0.29) is 0 Å². The van der Waals surface area contributed by atoms with E-state index in [1.54, 1.807) is 23.0 Å². The molecule has 1 atom stereocenters. The van der Waals surface area contributed by atoms with Crippen LogP contribution in [0.3, 0.4) is 0 Å². The summed E-state index contributed by atoms with van der Waals surface area (Å²) in [5.74, 6) is 0. The fourth-order valence-corrected chi connectivity index (χ4v) is 2.75. The van der Waals surface area contributed by atoms with Gasteiger partial charge in [0.2, 0.25) is 0 Å². The molecule has 0 aliphatic heterocycles. The number of para-hydroxylation sites is 1. The van der Waals surface area contributed by atoms with Crippen molar-refractivity contribution in [2.75, 3.05) is 0 Å². The lowest BCUT2D eigenvalue weighted by atomic mass is 10.1. The molecule has 3 nitrogen and oxygen atoms in total. The van der Waals surface area contributed by atoms with Gasteiger partial charge >= 0.3 is 0 Å². The predicted octanol–water partition coefficient (Wildman–Crippen LogP) is 4.37. The summed E-state index contributed by atoms with van der Waals surface area (Å²) in [4.78, 5) is 0. The molecule has 0 aliphatic rings. The first-order chi connectivity index (χ1) is 10.1. The minimum absolute atomic E-state index is 0.586. The number of halogens is 2. The summed E-state index contributed by atoms with van der Waals surface area (Å²) in [6, 6.07) is 15.1. The van der Waals surface area contributed by atoms with Gasteiger partial charge in [-0.25, -0.2) is 4.68 Å². The number of benzene rings is 2. The van der Waals surface area contributed by atoms with Crippen molar-refractivity contribution in [1.82, 2.24) is 9.78 Å². The molecular formula is C16H12BrClN2O. The largest absolute Gasteiger partial charge is 0.383 e. The van der Waals surface area contributed by atoms with E-state index in [4.69, 9.17) is 11.6 Å². The van der Waals surface area contributed by atoms with Crippen LogP contribution in [-0.4, -0.2) is 14.9 Å². The molecule has 5 heteroatoms. The van der Waals surface area contributed by atoms with E-state index in [2.05, 4.69) is 21.0 Å². The molecule has 1 aromatic heterocycles. The van der Waals surface area contributed by atoms with Gasteiger partial charge in [-0.1, -0.05) is 45.7 Å². The maximum absolute atomic E-state index is 10.5. The molecular weight excluding hydrogens is 352 g/mol. The van der Waals surface area contributed by atoms with Crippen molar-refractivity contribution in [2.45, 2.75) is 6.10 Å². The number of rotatable bonds is 3. The summed E-state index contributed by atoms with van der Waals surface area (Å²) in [5.41, 5.74) is 2.37. The van der Waals surface area contributed by atoms with Gasteiger partial charge in [0.05, 0.1) is 11.9 Å². The molecule has 3 rings (SSSR count). The summed E-state index contributed by atoms with van der Waals surface area (Å²) in [6.07, 6.45) is 2.69. The van der Waals surface area contributed by atoms with Crippen molar-refractivity contribution in [3.8, 4) is 5.69 Å². The molecule has 0 aliphatic carbocycles. The van der Waals surface area contributed by atoms with Crippen LogP contribution in [0.4, 0.5) is 0 Å². The number of aliphatic hydroxyl groups excluding tert-OH is 1. The van der Waals surface area contributed by atoms with Crippen LogP contribution in [0.5, 0.6) is 0 Å². The Morgan fingerprint density at radius 2 is 1.90 bits per heavy atom. The molecule has 0 spiro atoms. The average molecular weight is 364 g/mol. The van der Waals surface area contributed by atoms with E-state index >= 15 is 0 Å². The van der Waals surface area contributed by atoms with Gasteiger partial charge in [-0.05, 0) is 30.3 Å².